The zero-order valence-corrected chi connectivity index (χ0v) is 29.8. The average Bonchev–Trinajstić information content (AvgIpc) is 3.47. The number of anilines is 4. The van der Waals surface area contributed by atoms with Crippen molar-refractivity contribution in [3.63, 3.8) is 0 Å². The molecule has 0 aliphatic carbocycles. The highest BCUT2D eigenvalue weighted by Gasteiger charge is 2.43. The van der Waals surface area contributed by atoms with Crippen LogP contribution in [0.4, 0.5) is 22.5 Å². The smallest absolute Gasteiger partial charge is 0.324 e. The van der Waals surface area contributed by atoms with Crippen LogP contribution in [0.15, 0.2) is 30.5 Å². The molecule has 0 bridgehead atoms. The number of thiazole rings is 1. The number of nitrogens with one attached hydrogen (secondary N) is 3. The second kappa shape index (κ2) is 15.8. The van der Waals surface area contributed by atoms with Crippen LogP contribution in [-0.4, -0.2) is 95.2 Å². The van der Waals surface area contributed by atoms with Gasteiger partial charge in [-0.05, 0) is 38.3 Å². The lowest BCUT2D eigenvalue weighted by molar-refractivity contribution is -0.145. The van der Waals surface area contributed by atoms with Gasteiger partial charge in [-0.1, -0.05) is 48.9 Å². The number of hydrogen-bond acceptors (Lipinski definition) is 12. The second-order valence-corrected chi connectivity index (χ2v) is 15.3. The molecule has 2 atom stereocenters. The van der Waals surface area contributed by atoms with Gasteiger partial charge >= 0.3 is 5.97 Å². The molecule has 4 N–H and O–H groups in total. The van der Waals surface area contributed by atoms with Gasteiger partial charge in [-0.25, -0.2) is 20.0 Å². The number of carbonyl (C=O) groups excluding carboxylic acids is 1. The normalized spacial score (nSPS) is 16.5. The zero-order valence-electron chi connectivity index (χ0n) is 27.4. The van der Waals surface area contributed by atoms with Crippen LogP contribution in [0.3, 0.4) is 0 Å². The maximum absolute atomic E-state index is 13.4. The van der Waals surface area contributed by atoms with Crippen LogP contribution >= 0.6 is 30.5 Å². The number of nitrogens with zero attached hydrogens (tertiary/aromatic N) is 5. The van der Waals surface area contributed by atoms with Gasteiger partial charge in [0, 0.05) is 45.9 Å². The summed E-state index contributed by atoms with van der Waals surface area (Å²) in [5.74, 6) is 0.156. The zero-order chi connectivity index (χ0) is 34.4. The van der Waals surface area contributed by atoms with Gasteiger partial charge in [0.15, 0.2) is 5.13 Å². The molecule has 3 heterocycles. The fourth-order valence-electron chi connectivity index (χ4n) is 4.86. The van der Waals surface area contributed by atoms with Crippen LogP contribution in [0.5, 0.6) is 0 Å². The van der Waals surface area contributed by atoms with Crippen LogP contribution < -0.4 is 20.6 Å². The number of ether oxygens (including phenoxy) is 1. The number of aromatic nitrogens is 3. The van der Waals surface area contributed by atoms with E-state index in [1.807, 2.05) is 32.0 Å². The molecular formula is C30H42ClN8O6PS. The third-order valence-corrected chi connectivity index (χ3v) is 11.2. The summed E-state index contributed by atoms with van der Waals surface area (Å²) in [4.78, 5) is 43.0. The largest absolute Gasteiger partial charge is 0.480 e. The molecule has 0 radical (unpaired) electrons. The van der Waals surface area contributed by atoms with E-state index in [0.717, 1.165) is 11.4 Å². The van der Waals surface area contributed by atoms with Crippen LogP contribution in [0.2, 0.25) is 5.02 Å². The van der Waals surface area contributed by atoms with E-state index in [1.54, 1.807) is 19.9 Å². The van der Waals surface area contributed by atoms with Crippen LogP contribution in [0.25, 0.3) is 0 Å². The minimum absolute atomic E-state index is 0.147. The molecule has 1 aromatic carbocycles. The number of para-hydroxylation sites is 1. The van der Waals surface area contributed by atoms with Gasteiger partial charge in [0.2, 0.25) is 0 Å². The first-order valence-corrected chi connectivity index (χ1v) is 18.1. The molecular weight excluding hydrogens is 667 g/mol. The van der Waals surface area contributed by atoms with Gasteiger partial charge in [-0.3, -0.25) is 19.1 Å². The Morgan fingerprint density at radius 2 is 1.91 bits per heavy atom. The Morgan fingerprint density at radius 1 is 1.19 bits per heavy atom. The third kappa shape index (κ3) is 9.47. The Hall–Kier alpha value is -3.17. The number of piperazine rings is 1. The molecule has 1 amide bonds. The summed E-state index contributed by atoms with van der Waals surface area (Å²) in [7, 11) is -2.19. The molecule has 0 spiro atoms. The van der Waals surface area contributed by atoms with E-state index in [1.165, 1.54) is 31.6 Å². The van der Waals surface area contributed by atoms with Gasteiger partial charge in [0.05, 0.1) is 23.5 Å². The number of methoxy groups -OCH3 is 1. The van der Waals surface area contributed by atoms with Gasteiger partial charge in [-0.15, -0.1) is 0 Å². The van der Waals surface area contributed by atoms with Crippen molar-refractivity contribution in [2.75, 3.05) is 68.3 Å². The van der Waals surface area contributed by atoms with E-state index in [-0.39, 0.29) is 24.8 Å². The molecule has 2 aromatic heterocycles. The molecule has 256 valence electrons. The molecule has 1 saturated heterocycles. The predicted octanol–water partition coefficient (Wildman–Crippen LogP) is 5.22. The fraction of sp³-hybridized carbons (Fsp3) is 0.500. The molecule has 47 heavy (non-hydrogen) atoms. The number of carboxylic acid groups (broad SMARTS) is 1. The number of benzene rings is 1. The van der Waals surface area contributed by atoms with Gasteiger partial charge < -0.3 is 29.9 Å². The monoisotopic (exact) mass is 708 g/mol. The molecule has 14 nitrogen and oxygen atoms in total. The second-order valence-electron chi connectivity index (χ2n) is 11.7. The molecule has 4 rings (SSSR count). The lowest BCUT2D eigenvalue weighted by atomic mass is 9.90. The fourth-order valence-corrected chi connectivity index (χ4v) is 7.83. The molecule has 3 aromatic rings. The number of amides is 1. The van der Waals surface area contributed by atoms with E-state index < -0.39 is 19.0 Å². The first-order chi connectivity index (χ1) is 22.2. The Labute approximate surface area is 283 Å². The van der Waals surface area contributed by atoms with E-state index in [0.29, 0.717) is 65.1 Å². The van der Waals surface area contributed by atoms with E-state index in [9.17, 15) is 19.3 Å². The summed E-state index contributed by atoms with van der Waals surface area (Å²) in [5, 5.41) is 19.5. The summed E-state index contributed by atoms with van der Waals surface area (Å²) in [6.45, 7) is 12.2. The summed E-state index contributed by atoms with van der Waals surface area (Å²) < 4.78 is 24.3. The first kappa shape index (κ1) is 36.7. The molecule has 1 fully saturated rings. The standard InChI is InChI=1S/C30H42ClN8O6PS/c1-19(2)30(5,28(41)42)37-46(43,18-44-6)45-15-14-38-10-12-39(13-11-38)25-16-24(33-21(4)34-25)35-29-32-17-23(47-29)27(40)36-26-20(3)8-7-9-22(26)31/h7-9,16-17,19H,10-15,18H2,1-6H3,(H,36,40)(H,37,43)(H,41,42)(H,32,33,34,35)/t30-,46?/m0/s1. The SMILES string of the molecule is COCP(=O)(N[C@](C)(C(=O)O)C(C)C)OCCN1CCN(c2cc(Nc3ncc(C(=O)Nc4c(C)cccc4Cl)s3)nc(C)n2)CC1. The highest BCUT2D eigenvalue weighted by Crippen LogP contribution is 2.45. The van der Waals surface area contributed by atoms with Crippen LogP contribution in [0.1, 0.15) is 41.8 Å². The predicted molar refractivity (Wildman–Crippen MR) is 184 cm³/mol. The van der Waals surface area contributed by atoms with Crippen molar-refractivity contribution < 1.29 is 28.5 Å². The van der Waals surface area contributed by atoms with E-state index in [2.05, 4.69) is 40.5 Å². The molecule has 1 aliphatic rings. The van der Waals surface area contributed by atoms with E-state index in [4.69, 9.17) is 20.9 Å². The van der Waals surface area contributed by atoms with Crippen molar-refractivity contribution in [3.8, 4) is 0 Å². The van der Waals surface area contributed by atoms with Gasteiger partial charge in [0.25, 0.3) is 13.4 Å². The van der Waals surface area contributed by atoms with Crippen molar-refractivity contribution in [3.05, 3.63) is 51.7 Å². The van der Waals surface area contributed by atoms with E-state index >= 15 is 0 Å². The third-order valence-electron chi connectivity index (χ3n) is 7.95. The Kier molecular flexibility index (Phi) is 12.3. The highest BCUT2D eigenvalue weighted by atomic mass is 35.5. The number of aliphatic carboxylic acids is 1. The summed E-state index contributed by atoms with van der Waals surface area (Å²) in [6.07, 6.45) is 1.27. The Morgan fingerprint density at radius 3 is 2.55 bits per heavy atom. The van der Waals surface area contributed by atoms with Gasteiger partial charge in [-0.2, -0.15) is 0 Å². The average molecular weight is 709 g/mol. The molecule has 17 heteroatoms. The lowest BCUT2D eigenvalue weighted by Crippen LogP contribution is -2.52. The maximum atomic E-state index is 13.4. The van der Waals surface area contributed by atoms with Crippen molar-refractivity contribution in [1.29, 1.82) is 0 Å². The molecule has 1 unspecified atom stereocenters. The van der Waals surface area contributed by atoms with Crippen molar-refractivity contribution >= 4 is 64.8 Å². The summed E-state index contributed by atoms with van der Waals surface area (Å²) >= 11 is 7.46. The number of halogens is 1. The summed E-state index contributed by atoms with van der Waals surface area (Å²) in [5.41, 5.74) is -0.00581. The maximum Gasteiger partial charge on any atom is 0.324 e. The lowest BCUT2D eigenvalue weighted by Gasteiger charge is -2.36. The van der Waals surface area contributed by atoms with Crippen molar-refractivity contribution in [1.82, 2.24) is 24.9 Å². The molecule has 0 saturated carbocycles. The molecule has 1 aliphatic heterocycles. The first-order valence-electron chi connectivity index (χ1n) is 15.1. The van der Waals surface area contributed by atoms with Crippen molar-refractivity contribution in [2.45, 2.75) is 40.2 Å². The topological polar surface area (TPSA) is 171 Å². The minimum atomic E-state index is -3.59. The highest BCUT2D eigenvalue weighted by molar-refractivity contribution is 7.56. The summed E-state index contributed by atoms with van der Waals surface area (Å²) in [6, 6.07) is 7.27. The number of rotatable bonds is 15. The number of aryl methyl sites for hydroxylation is 2. The van der Waals surface area contributed by atoms with Gasteiger partial charge in [0.1, 0.15) is 34.2 Å². The van der Waals surface area contributed by atoms with Crippen molar-refractivity contribution in [2.24, 2.45) is 5.92 Å². The van der Waals surface area contributed by atoms with Crippen LogP contribution in [-0.2, 0) is 18.6 Å². The minimum Gasteiger partial charge on any atom is -0.480 e. The number of carboxylic acids is 1. The Balaban J connectivity index is 1.31. The van der Waals surface area contributed by atoms with Crippen LogP contribution in [0, 0.1) is 19.8 Å². The Bertz CT molecular complexity index is 1600. The number of hydrogen-bond donors (Lipinski definition) is 4. The number of carbonyl (C=O) groups is 2. The quantitative estimate of drug-likeness (QED) is 0.152.